The summed E-state index contributed by atoms with van der Waals surface area (Å²) in [6.45, 7) is -0.166. The molecule has 0 heterocycles. The molecule has 0 fully saturated rings. The second-order valence-electron chi connectivity index (χ2n) is 6.55. The molecule has 3 amide bonds. The van der Waals surface area contributed by atoms with E-state index in [4.69, 9.17) is 21.1 Å². The zero-order chi connectivity index (χ0) is 25.1. The van der Waals surface area contributed by atoms with E-state index < -0.39 is 36.1 Å². The molecular formula is C21H20ClF3N4O5. The molecule has 0 radical (unpaired) electrons. The summed E-state index contributed by atoms with van der Waals surface area (Å²) in [6, 6.07) is 8.48. The molecule has 182 valence electrons. The first-order valence-corrected chi connectivity index (χ1v) is 9.97. The van der Waals surface area contributed by atoms with Gasteiger partial charge in [0.1, 0.15) is 5.75 Å². The van der Waals surface area contributed by atoms with Gasteiger partial charge in [0.05, 0.1) is 18.4 Å². The van der Waals surface area contributed by atoms with Crippen molar-refractivity contribution in [2.75, 3.05) is 32.2 Å². The third-order valence-electron chi connectivity index (χ3n) is 3.97. The molecule has 34 heavy (non-hydrogen) atoms. The topological polar surface area (TPSA) is 118 Å². The first-order valence-electron chi connectivity index (χ1n) is 9.60. The van der Waals surface area contributed by atoms with Crippen molar-refractivity contribution in [2.45, 2.75) is 6.18 Å². The van der Waals surface area contributed by atoms with Crippen LogP contribution < -0.4 is 20.8 Å². The Morgan fingerprint density at radius 3 is 2.59 bits per heavy atom. The number of amides is 3. The maximum atomic E-state index is 12.8. The van der Waals surface area contributed by atoms with Gasteiger partial charge < -0.3 is 20.1 Å². The lowest BCUT2D eigenvalue weighted by Crippen LogP contribution is -2.39. The Morgan fingerprint density at radius 2 is 1.88 bits per heavy atom. The van der Waals surface area contributed by atoms with Crippen molar-refractivity contribution in [1.29, 1.82) is 0 Å². The number of ether oxygens (including phenoxy) is 2. The number of halogens is 4. The van der Waals surface area contributed by atoms with E-state index in [-0.39, 0.29) is 30.2 Å². The minimum atomic E-state index is -4.55. The van der Waals surface area contributed by atoms with E-state index in [9.17, 15) is 27.6 Å². The molecule has 0 bridgehead atoms. The molecule has 0 atom stereocenters. The fourth-order valence-corrected chi connectivity index (χ4v) is 2.60. The third-order valence-corrected chi connectivity index (χ3v) is 4.21. The number of benzene rings is 2. The highest BCUT2D eigenvalue weighted by Crippen LogP contribution is 2.30. The molecule has 3 N–H and O–H groups in total. The van der Waals surface area contributed by atoms with Gasteiger partial charge in [-0.05, 0) is 36.4 Å². The number of hydrazone groups is 1. The fourth-order valence-electron chi connectivity index (χ4n) is 2.42. The minimum Gasteiger partial charge on any atom is -0.483 e. The minimum absolute atomic E-state index is 0.0483. The number of anilines is 1. The summed E-state index contributed by atoms with van der Waals surface area (Å²) in [5.41, 5.74) is 1.34. The molecule has 0 aliphatic heterocycles. The Morgan fingerprint density at radius 1 is 1.12 bits per heavy atom. The van der Waals surface area contributed by atoms with E-state index in [1.807, 2.05) is 5.43 Å². The average molecular weight is 501 g/mol. The van der Waals surface area contributed by atoms with Crippen molar-refractivity contribution in [3.63, 3.8) is 0 Å². The largest absolute Gasteiger partial charge is 0.483 e. The molecule has 0 spiro atoms. The molecule has 9 nitrogen and oxygen atoms in total. The van der Waals surface area contributed by atoms with E-state index in [1.54, 1.807) is 0 Å². The molecule has 2 aromatic rings. The lowest BCUT2D eigenvalue weighted by molar-refractivity contribution is -0.139. The number of rotatable bonds is 9. The lowest BCUT2D eigenvalue weighted by atomic mass is 10.2. The van der Waals surface area contributed by atoms with Crippen LogP contribution in [-0.4, -0.2) is 50.8 Å². The molecule has 0 unspecified atom stereocenters. The van der Waals surface area contributed by atoms with E-state index in [1.165, 1.54) is 37.4 Å². The van der Waals surface area contributed by atoms with Gasteiger partial charge in [-0.3, -0.25) is 14.4 Å². The monoisotopic (exact) mass is 500 g/mol. The molecule has 0 aliphatic carbocycles. The molecule has 2 aromatic carbocycles. The summed E-state index contributed by atoms with van der Waals surface area (Å²) in [4.78, 5) is 35.4. The first kappa shape index (κ1) is 26.6. The van der Waals surface area contributed by atoms with Crippen LogP contribution >= 0.6 is 11.6 Å². The van der Waals surface area contributed by atoms with Gasteiger partial charge in [0.2, 0.25) is 0 Å². The van der Waals surface area contributed by atoms with Gasteiger partial charge in [-0.2, -0.15) is 18.3 Å². The number of hydrogen-bond donors (Lipinski definition) is 3. The first-order chi connectivity index (χ1) is 16.1. The summed E-state index contributed by atoms with van der Waals surface area (Å²) < 4.78 is 48.6. The molecular weight excluding hydrogens is 481 g/mol. The van der Waals surface area contributed by atoms with Crippen LogP contribution in [-0.2, 0) is 25.3 Å². The highest BCUT2D eigenvalue weighted by molar-refractivity contribution is 6.35. The van der Waals surface area contributed by atoms with Crippen molar-refractivity contribution in [3.05, 3.63) is 58.6 Å². The summed E-state index contributed by atoms with van der Waals surface area (Å²) in [5, 5.41) is 8.58. The van der Waals surface area contributed by atoms with Crippen LogP contribution in [0.3, 0.4) is 0 Å². The van der Waals surface area contributed by atoms with Crippen LogP contribution in [0.1, 0.15) is 11.1 Å². The van der Waals surface area contributed by atoms with E-state index >= 15 is 0 Å². The van der Waals surface area contributed by atoms with Crippen molar-refractivity contribution in [2.24, 2.45) is 5.10 Å². The zero-order valence-corrected chi connectivity index (χ0v) is 18.5. The average Bonchev–Trinajstić information content (AvgIpc) is 2.78. The number of carbonyl (C=O) groups is 3. The maximum Gasteiger partial charge on any atom is 0.416 e. The number of nitrogens with one attached hydrogen (secondary N) is 3. The van der Waals surface area contributed by atoms with Gasteiger partial charge in [-0.15, -0.1) is 0 Å². The van der Waals surface area contributed by atoms with Crippen LogP contribution in [0.2, 0.25) is 5.02 Å². The Hall–Kier alpha value is -3.64. The number of hydrogen-bond acceptors (Lipinski definition) is 6. The van der Waals surface area contributed by atoms with Gasteiger partial charge in [-0.1, -0.05) is 17.7 Å². The summed E-state index contributed by atoms with van der Waals surface area (Å²) >= 11 is 5.95. The predicted molar refractivity (Wildman–Crippen MR) is 118 cm³/mol. The number of nitrogens with zero attached hydrogens (tertiary/aromatic N) is 1. The number of alkyl halides is 3. The Labute approximate surface area is 197 Å². The predicted octanol–water partition coefficient (Wildman–Crippen LogP) is 2.59. The van der Waals surface area contributed by atoms with Crippen LogP contribution in [0.15, 0.2) is 47.6 Å². The Balaban J connectivity index is 1.97. The fraction of sp³-hybridized carbons (Fsp3) is 0.238. The molecule has 2 rings (SSSR count). The van der Waals surface area contributed by atoms with Gasteiger partial charge in [0.25, 0.3) is 5.91 Å². The molecule has 0 aliphatic rings. The van der Waals surface area contributed by atoms with Gasteiger partial charge >= 0.3 is 18.0 Å². The van der Waals surface area contributed by atoms with Crippen molar-refractivity contribution < 1.29 is 37.0 Å². The number of methoxy groups -OCH3 is 1. The second kappa shape index (κ2) is 12.6. The van der Waals surface area contributed by atoms with Gasteiger partial charge in [0.15, 0.2) is 6.61 Å². The summed E-state index contributed by atoms with van der Waals surface area (Å²) in [7, 11) is 1.44. The molecule has 0 saturated carbocycles. The quantitative estimate of drug-likeness (QED) is 0.212. The zero-order valence-electron chi connectivity index (χ0n) is 17.7. The highest BCUT2D eigenvalue weighted by atomic mass is 35.5. The maximum absolute atomic E-state index is 12.8. The van der Waals surface area contributed by atoms with Gasteiger partial charge in [-0.25, -0.2) is 5.43 Å². The molecule has 13 heteroatoms. The van der Waals surface area contributed by atoms with Crippen LogP contribution in [0.5, 0.6) is 5.75 Å². The van der Waals surface area contributed by atoms with E-state index in [0.29, 0.717) is 5.02 Å². The smallest absolute Gasteiger partial charge is 0.416 e. The molecule has 0 saturated heterocycles. The van der Waals surface area contributed by atoms with Crippen LogP contribution in [0.25, 0.3) is 0 Å². The van der Waals surface area contributed by atoms with Crippen molar-refractivity contribution >= 4 is 41.2 Å². The Bertz CT molecular complexity index is 1060. The van der Waals surface area contributed by atoms with Gasteiger partial charge in [0, 0.05) is 29.9 Å². The Kier molecular flexibility index (Phi) is 9.83. The lowest BCUT2D eigenvalue weighted by Gasteiger charge is -2.11. The summed E-state index contributed by atoms with van der Waals surface area (Å²) in [5.74, 6) is -2.50. The highest BCUT2D eigenvalue weighted by Gasteiger charge is 2.30. The SMILES string of the molecule is COCCNC(=O)C(=O)N/N=C\c1cc(Cl)ccc1OCC(=O)Nc1cccc(C(F)(F)F)c1. The second-order valence-corrected chi connectivity index (χ2v) is 6.98. The van der Waals surface area contributed by atoms with Crippen molar-refractivity contribution in [1.82, 2.24) is 10.7 Å². The van der Waals surface area contributed by atoms with Crippen molar-refractivity contribution in [3.8, 4) is 5.75 Å². The van der Waals surface area contributed by atoms with Crippen LogP contribution in [0.4, 0.5) is 18.9 Å². The standard InChI is InChI=1S/C21H20ClF3N4O5/c1-33-8-7-26-19(31)20(32)29-27-11-13-9-15(22)5-6-17(13)34-12-18(30)28-16-4-2-3-14(10-16)21(23,24)25/h2-6,9-11H,7-8,12H2,1H3,(H,26,31)(H,28,30)(H,29,32)/b27-11-. The normalized spacial score (nSPS) is 11.2. The third kappa shape index (κ3) is 8.71. The van der Waals surface area contributed by atoms with E-state index in [0.717, 1.165) is 18.3 Å². The number of carbonyl (C=O) groups excluding carboxylic acids is 3. The molecule has 0 aromatic heterocycles. The summed E-state index contributed by atoms with van der Waals surface area (Å²) in [6.07, 6.45) is -3.40. The van der Waals surface area contributed by atoms with Crippen LogP contribution in [0, 0.1) is 0 Å². The van der Waals surface area contributed by atoms with E-state index in [2.05, 4.69) is 15.7 Å².